The van der Waals surface area contributed by atoms with E-state index in [1.807, 2.05) is 12.1 Å². The predicted molar refractivity (Wildman–Crippen MR) is 97.9 cm³/mol. The van der Waals surface area contributed by atoms with Crippen LogP contribution in [-0.2, 0) is 4.74 Å². The van der Waals surface area contributed by atoms with Gasteiger partial charge >= 0.3 is 0 Å². The van der Waals surface area contributed by atoms with E-state index in [4.69, 9.17) is 21.3 Å². The Morgan fingerprint density at radius 1 is 1.38 bits per heavy atom. The van der Waals surface area contributed by atoms with Crippen LogP contribution in [0.25, 0.3) is 0 Å². The molecular weight excluding hydrogens is 328 g/mol. The highest BCUT2D eigenvalue weighted by atomic mass is 32.2. The summed E-state index contributed by atoms with van der Waals surface area (Å²) in [6, 6.07) is 0.208. The number of aromatic nitrogens is 2. The second kappa shape index (κ2) is 9.26. The monoisotopic (exact) mass is 356 g/mol. The quantitative estimate of drug-likeness (QED) is 0.292. The van der Waals surface area contributed by atoms with Gasteiger partial charge in [0.05, 0.1) is 19.3 Å². The number of hydrogen-bond acceptors (Lipinski definition) is 9. The van der Waals surface area contributed by atoms with Crippen molar-refractivity contribution in [3.63, 3.8) is 0 Å². The molecule has 1 aliphatic carbocycles. The van der Waals surface area contributed by atoms with E-state index >= 15 is 0 Å². The third-order valence-electron chi connectivity index (χ3n) is 4.01. The molecule has 2 rings (SSSR count). The van der Waals surface area contributed by atoms with Crippen molar-refractivity contribution in [3.05, 3.63) is 0 Å². The molecule has 1 saturated carbocycles. The summed E-state index contributed by atoms with van der Waals surface area (Å²) < 4.78 is 5.65. The van der Waals surface area contributed by atoms with Crippen molar-refractivity contribution in [2.24, 2.45) is 0 Å². The Balaban J connectivity index is 2.16. The van der Waals surface area contributed by atoms with Crippen molar-refractivity contribution in [2.75, 3.05) is 42.5 Å². The van der Waals surface area contributed by atoms with E-state index in [0.29, 0.717) is 29.1 Å². The van der Waals surface area contributed by atoms with E-state index in [2.05, 4.69) is 22.3 Å². The topological polar surface area (TPSA) is 123 Å². The molecule has 1 aromatic heterocycles. The van der Waals surface area contributed by atoms with Gasteiger partial charge in [0.2, 0.25) is 0 Å². The van der Waals surface area contributed by atoms with Gasteiger partial charge in [-0.25, -0.2) is 15.4 Å². The molecular formula is C15H28N6O2S. The van der Waals surface area contributed by atoms with E-state index in [1.54, 1.807) is 11.8 Å². The number of hydrazine groups is 1. The van der Waals surface area contributed by atoms with Gasteiger partial charge in [-0.15, -0.1) is 0 Å². The third-order valence-corrected chi connectivity index (χ3v) is 5.06. The van der Waals surface area contributed by atoms with Gasteiger partial charge in [-0.2, -0.15) is 0 Å². The lowest BCUT2D eigenvalue weighted by Gasteiger charge is -2.30. The highest BCUT2D eigenvalue weighted by Crippen LogP contribution is 2.33. The number of aliphatic hydroxyl groups excluding tert-OH is 1. The maximum absolute atomic E-state index is 8.90. The predicted octanol–water partition coefficient (Wildman–Crippen LogP) is 1.01. The average Bonchev–Trinajstić information content (AvgIpc) is 3.04. The first-order valence-corrected chi connectivity index (χ1v) is 9.34. The first-order valence-electron chi connectivity index (χ1n) is 8.35. The zero-order chi connectivity index (χ0) is 17.5. The number of anilines is 3. The number of nitrogen functional groups attached to an aromatic ring is 2. The Kier molecular flexibility index (Phi) is 7.35. The van der Waals surface area contributed by atoms with Crippen LogP contribution in [0.2, 0.25) is 0 Å². The molecule has 1 heterocycles. The van der Waals surface area contributed by atoms with Gasteiger partial charge in [0.25, 0.3) is 0 Å². The highest BCUT2D eigenvalue weighted by molar-refractivity contribution is 7.99. The molecule has 0 bridgehead atoms. The molecule has 1 aliphatic rings. The van der Waals surface area contributed by atoms with Crippen LogP contribution in [0.1, 0.15) is 32.6 Å². The van der Waals surface area contributed by atoms with Crippen molar-refractivity contribution >= 4 is 29.1 Å². The molecule has 1 aromatic rings. The highest BCUT2D eigenvalue weighted by Gasteiger charge is 2.32. The smallest absolute Gasteiger partial charge is 0.191 e. The lowest BCUT2D eigenvalue weighted by atomic mass is 10.2. The number of nitrogens with two attached hydrogens (primary N) is 2. The summed E-state index contributed by atoms with van der Waals surface area (Å²) in [5.41, 5.74) is 15.7. The van der Waals surface area contributed by atoms with Crippen molar-refractivity contribution in [1.82, 2.24) is 15.4 Å². The molecule has 24 heavy (non-hydrogen) atoms. The fraction of sp³-hybridized carbons (Fsp3) is 0.733. The van der Waals surface area contributed by atoms with Crippen LogP contribution in [0.15, 0.2) is 5.16 Å². The first kappa shape index (κ1) is 19.0. The molecule has 6 N–H and O–H groups in total. The Labute approximate surface area is 147 Å². The number of nitrogens with one attached hydrogen (secondary N) is 1. The summed E-state index contributed by atoms with van der Waals surface area (Å²) in [5.74, 6) is 1.87. The van der Waals surface area contributed by atoms with Crippen LogP contribution < -0.4 is 21.9 Å². The maximum Gasteiger partial charge on any atom is 0.191 e. The van der Waals surface area contributed by atoms with Gasteiger partial charge in [-0.1, -0.05) is 18.7 Å². The fourth-order valence-electron chi connectivity index (χ4n) is 2.88. The van der Waals surface area contributed by atoms with E-state index in [-0.39, 0.29) is 18.8 Å². The van der Waals surface area contributed by atoms with Crippen LogP contribution >= 0.6 is 11.8 Å². The molecule has 8 nitrogen and oxygen atoms in total. The molecule has 1 fully saturated rings. The molecule has 0 unspecified atom stereocenters. The average molecular weight is 356 g/mol. The zero-order valence-electron chi connectivity index (χ0n) is 14.4. The van der Waals surface area contributed by atoms with Crippen LogP contribution in [-0.4, -0.2) is 53.2 Å². The molecule has 0 radical (unpaired) electrons. The summed E-state index contributed by atoms with van der Waals surface area (Å²) in [5, 5.41) is 11.5. The lowest BCUT2D eigenvalue weighted by molar-refractivity contribution is 0.0321. The largest absolute Gasteiger partial charge is 0.394 e. The van der Waals surface area contributed by atoms with E-state index in [1.165, 1.54) is 0 Å². The van der Waals surface area contributed by atoms with Gasteiger partial charge < -0.3 is 21.3 Å². The third kappa shape index (κ3) is 4.62. The van der Waals surface area contributed by atoms with Crippen LogP contribution in [0.4, 0.5) is 17.3 Å². The minimum atomic E-state index is 0.0459. The second-order valence-corrected chi connectivity index (χ2v) is 6.82. The minimum Gasteiger partial charge on any atom is -0.394 e. The summed E-state index contributed by atoms with van der Waals surface area (Å²) in [6.07, 6.45) is 3.93. The molecule has 0 amide bonds. The SMILES string of the molecule is CCCSc1nc(N)c(N)c(N(NC)[C@H]2CC[C@@H](OCCO)C2)n1. The Morgan fingerprint density at radius 2 is 2.17 bits per heavy atom. The number of hydrogen-bond donors (Lipinski definition) is 4. The van der Waals surface area contributed by atoms with Crippen molar-refractivity contribution in [3.8, 4) is 0 Å². The van der Waals surface area contributed by atoms with Crippen LogP contribution in [0, 0.1) is 0 Å². The number of thioether (sulfide) groups is 1. The standard InChI is InChI=1S/C15H28N6O2S/c1-3-8-24-15-19-13(17)12(16)14(20-15)21(18-2)10-4-5-11(9-10)23-7-6-22/h10-11,18,22H,3-9,16H2,1-2H3,(H2,17,19,20)/t10-,11+/m0/s1. The van der Waals surface area contributed by atoms with Crippen molar-refractivity contribution in [1.29, 1.82) is 0 Å². The van der Waals surface area contributed by atoms with Gasteiger partial charge in [0.1, 0.15) is 5.69 Å². The minimum absolute atomic E-state index is 0.0459. The zero-order valence-corrected chi connectivity index (χ0v) is 15.2. The summed E-state index contributed by atoms with van der Waals surface area (Å²) in [4.78, 5) is 8.87. The van der Waals surface area contributed by atoms with E-state index in [9.17, 15) is 0 Å². The van der Waals surface area contributed by atoms with Gasteiger partial charge in [-0.05, 0) is 25.7 Å². The Bertz CT molecular complexity index is 533. The molecule has 2 atom stereocenters. The Hall–Kier alpha value is -1.29. The van der Waals surface area contributed by atoms with Crippen LogP contribution in [0.3, 0.4) is 0 Å². The number of nitrogens with zero attached hydrogens (tertiary/aromatic N) is 3. The number of aliphatic hydroxyl groups is 1. The van der Waals surface area contributed by atoms with Crippen molar-refractivity contribution in [2.45, 2.75) is 49.9 Å². The Morgan fingerprint density at radius 3 is 2.83 bits per heavy atom. The van der Waals surface area contributed by atoms with E-state index < -0.39 is 0 Å². The molecule has 0 spiro atoms. The normalized spacial score (nSPS) is 20.5. The summed E-state index contributed by atoms with van der Waals surface area (Å²) in [6.45, 7) is 2.53. The molecule has 0 saturated heterocycles. The summed E-state index contributed by atoms with van der Waals surface area (Å²) in [7, 11) is 1.85. The molecule has 0 aliphatic heterocycles. The molecule has 136 valence electrons. The van der Waals surface area contributed by atoms with Gasteiger partial charge in [-0.3, -0.25) is 5.01 Å². The van der Waals surface area contributed by atoms with Crippen molar-refractivity contribution < 1.29 is 9.84 Å². The van der Waals surface area contributed by atoms with Crippen LogP contribution in [0.5, 0.6) is 0 Å². The van der Waals surface area contributed by atoms with E-state index in [0.717, 1.165) is 31.4 Å². The van der Waals surface area contributed by atoms with Gasteiger partial charge in [0.15, 0.2) is 16.8 Å². The fourth-order valence-corrected chi connectivity index (χ4v) is 3.58. The maximum atomic E-state index is 8.90. The second-order valence-electron chi connectivity index (χ2n) is 5.75. The summed E-state index contributed by atoms with van der Waals surface area (Å²) >= 11 is 1.57. The molecule has 0 aromatic carbocycles. The molecule has 9 heteroatoms. The first-order chi connectivity index (χ1) is 11.6. The lowest BCUT2D eigenvalue weighted by Crippen LogP contribution is -2.44. The van der Waals surface area contributed by atoms with Gasteiger partial charge in [0, 0.05) is 18.8 Å². The number of rotatable bonds is 9. The number of ether oxygens (including phenoxy) is 1.